The quantitative estimate of drug-likeness (QED) is 0.439. The van der Waals surface area contributed by atoms with Crippen molar-refractivity contribution < 1.29 is 19.1 Å². The number of carbonyl (C=O) groups excluding carboxylic acids is 2. The van der Waals surface area contributed by atoms with Gasteiger partial charge in [-0.25, -0.2) is 0 Å². The first-order valence-electron chi connectivity index (χ1n) is 4.04. The first kappa shape index (κ1) is 12.2. The van der Waals surface area contributed by atoms with E-state index in [0.29, 0.717) is 6.61 Å². The van der Waals surface area contributed by atoms with Gasteiger partial charge in [-0.2, -0.15) is 0 Å². The lowest BCUT2D eigenvalue weighted by atomic mass is 9.62. The lowest BCUT2D eigenvalue weighted by Gasteiger charge is -2.12. The van der Waals surface area contributed by atoms with E-state index in [1.807, 2.05) is 0 Å². The number of rotatable bonds is 6. The van der Waals surface area contributed by atoms with Crippen molar-refractivity contribution in [2.24, 2.45) is 0 Å². The zero-order chi connectivity index (χ0) is 10.3. The van der Waals surface area contributed by atoms with Crippen LogP contribution in [0.3, 0.4) is 0 Å². The van der Waals surface area contributed by atoms with Gasteiger partial charge < -0.3 is 14.3 Å². The monoisotopic (exact) mass is 185 g/mol. The van der Waals surface area contributed by atoms with Gasteiger partial charge in [0.1, 0.15) is 0 Å². The predicted octanol–water partition coefficient (Wildman–Crippen LogP) is 0.235. The van der Waals surface area contributed by atoms with Crippen molar-refractivity contribution >= 4 is 18.9 Å². The summed E-state index contributed by atoms with van der Waals surface area (Å²) in [5.41, 5.74) is -0.0470. The van der Waals surface area contributed by atoms with Gasteiger partial charge in [-0.1, -0.05) is 0 Å². The predicted molar refractivity (Wildman–Crippen MR) is 48.7 cm³/mol. The minimum atomic E-state index is -0.349. The molecule has 0 N–H and O–H groups in total. The van der Waals surface area contributed by atoms with Crippen LogP contribution in [0.4, 0.5) is 0 Å². The summed E-state index contributed by atoms with van der Waals surface area (Å²) in [6.45, 7) is 3.36. The smallest absolute Gasteiger partial charge is 0.302 e. The average Bonchev–Trinajstić information content (AvgIpc) is 1.99. The molecule has 0 rings (SSSR count). The molecule has 1 radical (unpaired) electrons. The Morgan fingerprint density at radius 2 is 1.92 bits per heavy atom. The molecule has 5 heteroatoms. The highest BCUT2D eigenvalue weighted by atomic mass is 16.5. The van der Waals surface area contributed by atoms with Crippen LogP contribution in [0.5, 0.6) is 0 Å². The SMILES string of the molecule is COCC([B]C(C)=O)COC(C)=O. The molecule has 0 aromatic carbocycles. The molecule has 0 aliphatic rings. The number of hydrogen-bond acceptors (Lipinski definition) is 4. The summed E-state index contributed by atoms with van der Waals surface area (Å²) in [5, 5.41) is 0. The normalized spacial score (nSPS) is 11.9. The molecule has 73 valence electrons. The summed E-state index contributed by atoms with van der Waals surface area (Å²) < 4.78 is 9.62. The van der Waals surface area contributed by atoms with Gasteiger partial charge >= 0.3 is 5.97 Å². The molecule has 0 saturated carbocycles. The molecule has 0 saturated heterocycles. The average molecular weight is 185 g/mol. The van der Waals surface area contributed by atoms with Gasteiger partial charge in [0.05, 0.1) is 12.3 Å². The Hall–Kier alpha value is -0.835. The Bertz CT molecular complexity index is 181. The molecule has 0 aromatic heterocycles. The van der Waals surface area contributed by atoms with Crippen molar-refractivity contribution in [3.05, 3.63) is 0 Å². The lowest BCUT2D eigenvalue weighted by Crippen LogP contribution is -2.22. The number of esters is 1. The molecule has 0 heterocycles. The first-order chi connectivity index (χ1) is 6.06. The van der Waals surface area contributed by atoms with E-state index in [1.54, 1.807) is 0 Å². The molecule has 1 atom stereocenters. The van der Waals surface area contributed by atoms with E-state index in [-0.39, 0.29) is 24.1 Å². The fourth-order valence-electron chi connectivity index (χ4n) is 0.915. The minimum Gasteiger partial charge on any atom is -0.466 e. The third kappa shape index (κ3) is 7.52. The highest BCUT2D eigenvalue weighted by molar-refractivity contribution is 6.74. The topological polar surface area (TPSA) is 52.6 Å². The van der Waals surface area contributed by atoms with Crippen LogP contribution >= 0.6 is 0 Å². The lowest BCUT2D eigenvalue weighted by molar-refractivity contribution is -0.141. The Kier molecular flexibility index (Phi) is 6.23. The van der Waals surface area contributed by atoms with Crippen LogP contribution in [0.25, 0.3) is 0 Å². The molecule has 0 spiro atoms. The maximum atomic E-state index is 10.7. The molecule has 0 amide bonds. The van der Waals surface area contributed by atoms with Crippen molar-refractivity contribution in [2.45, 2.75) is 19.7 Å². The second-order valence-corrected chi connectivity index (χ2v) is 2.80. The number of ether oxygens (including phenoxy) is 2. The van der Waals surface area contributed by atoms with Crippen LogP contribution in [-0.2, 0) is 19.1 Å². The standard InChI is InChI=1S/C8H14BO4/c1-6(10)9-8(4-12-3)5-13-7(2)11/h8H,4-5H2,1-3H3. The maximum absolute atomic E-state index is 10.7. The Balaban J connectivity index is 3.79. The molecule has 0 aromatic rings. The van der Waals surface area contributed by atoms with Crippen molar-refractivity contribution in [1.29, 1.82) is 0 Å². The van der Waals surface area contributed by atoms with Gasteiger partial charge in [0.15, 0.2) is 0 Å². The Morgan fingerprint density at radius 1 is 1.31 bits per heavy atom. The van der Waals surface area contributed by atoms with E-state index >= 15 is 0 Å². The second-order valence-electron chi connectivity index (χ2n) is 2.80. The molecule has 13 heavy (non-hydrogen) atoms. The van der Waals surface area contributed by atoms with Gasteiger partial charge in [-0.05, 0) is 12.7 Å². The van der Waals surface area contributed by atoms with Crippen LogP contribution in [0.15, 0.2) is 0 Å². The third-order valence-electron chi connectivity index (χ3n) is 1.35. The van der Waals surface area contributed by atoms with Gasteiger partial charge in [-0.15, -0.1) is 0 Å². The Labute approximate surface area is 78.8 Å². The zero-order valence-electron chi connectivity index (χ0n) is 8.20. The van der Waals surface area contributed by atoms with Crippen molar-refractivity contribution in [3.8, 4) is 0 Å². The van der Waals surface area contributed by atoms with Crippen molar-refractivity contribution in [3.63, 3.8) is 0 Å². The third-order valence-corrected chi connectivity index (χ3v) is 1.35. The van der Waals surface area contributed by atoms with Crippen LogP contribution < -0.4 is 0 Å². The van der Waals surface area contributed by atoms with E-state index in [9.17, 15) is 9.59 Å². The first-order valence-corrected chi connectivity index (χ1v) is 4.04. The van der Waals surface area contributed by atoms with E-state index < -0.39 is 0 Å². The zero-order valence-corrected chi connectivity index (χ0v) is 8.20. The van der Waals surface area contributed by atoms with Crippen LogP contribution in [-0.4, -0.2) is 39.3 Å². The van der Waals surface area contributed by atoms with Crippen LogP contribution in [0.2, 0.25) is 5.82 Å². The van der Waals surface area contributed by atoms with Gasteiger partial charge in [-0.3, -0.25) is 4.79 Å². The van der Waals surface area contributed by atoms with Crippen LogP contribution in [0, 0.1) is 0 Å². The molecule has 0 fully saturated rings. The highest BCUT2D eigenvalue weighted by Crippen LogP contribution is 2.04. The molecule has 4 nitrogen and oxygen atoms in total. The summed E-state index contributed by atoms with van der Waals surface area (Å²) in [5.74, 6) is -0.496. The van der Waals surface area contributed by atoms with Gasteiger partial charge in [0.25, 0.3) is 0 Å². The minimum absolute atomic E-state index is 0.0470. The van der Waals surface area contributed by atoms with E-state index in [0.717, 1.165) is 0 Å². The van der Waals surface area contributed by atoms with Crippen molar-refractivity contribution in [1.82, 2.24) is 0 Å². The number of carbonyl (C=O) groups is 2. The van der Waals surface area contributed by atoms with E-state index in [1.165, 1.54) is 28.2 Å². The number of methoxy groups -OCH3 is 1. The Morgan fingerprint density at radius 3 is 2.31 bits per heavy atom. The summed E-state index contributed by atoms with van der Waals surface area (Å²) in [7, 11) is 3.03. The fourth-order valence-corrected chi connectivity index (χ4v) is 0.915. The van der Waals surface area contributed by atoms with Crippen LogP contribution in [0.1, 0.15) is 13.8 Å². The molecule has 0 aliphatic carbocycles. The van der Waals surface area contributed by atoms with E-state index in [2.05, 4.69) is 0 Å². The maximum Gasteiger partial charge on any atom is 0.302 e. The molecular formula is C8H14BO4. The highest BCUT2D eigenvalue weighted by Gasteiger charge is 2.14. The summed E-state index contributed by atoms with van der Waals surface area (Å²) in [6.07, 6.45) is 0. The summed E-state index contributed by atoms with van der Waals surface area (Å²) >= 11 is 0. The molecule has 0 aliphatic heterocycles. The van der Waals surface area contributed by atoms with Gasteiger partial charge in [0, 0.05) is 20.6 Å². The van der Waals surface area contributed by atoms with Crippen molar-refractivity contribution in [2.75, 3.05) is 20.3 Å². The molecular weight excluding hydrogens is 171 g/mol. The number of hydrogen-bond donors (Lipinski definition) is 0. The summed E-state index contributed by atoms with van der Waals surface area (Å²) in [4.78, 5) is 21.2. The fraction of sp³-hybridized carbons (Fsp3) is 0.750. The molecule has 0 bridgehead atoms. The largest absolute Gasteiger partial charge is 0.466 e. The van der Waals surface area contributed by atoms with E-state index in [4.69, 9.17) is 9.47 Å². The second kappa shape index (κ2) is 6.66. The van der Waals surface area contributed by atoms with Gasteiger partial charge in [0.2, 0.25) is 7.28 Å². The summed E-state index contributed by atoms with van der Waals surface area (Å²) in [6, 6.07) is 0. The molecule has 1 unspecified atom stereocenters.